The largest absolute Gasteiger partial charge is 0.377 e. The average Bonchev–Trinajstić information content (AvgIpc) is 2.38. The van der Waals surface area contributed by atoms with Crippen molar-refractivity contribution in [1.82, 2.24) is 0 Å². The van der Waals surface area contributed by atoms with Crippen molar-refractivity contribution in [3.8, 4) is 6.07 Å². The number of halogens is 2. The van der Waals surface area contributed by atoms with Gasteiger partial charge in [-0.1, -0.05) is 6.92 Å². The van der Waals surface area contributed by atoms with E-state index >= 15 is 0 Å². The van der Waals surface area contributed by atoms with Crippen molar-refractivity contribution in [3.05, 3.63) is 29.3 Å². The van der Waals surface area contributed by atoms with Gasteiger partial charge in [0.1, 0.15) is 5.69 Å². The lowest BCUT2D eigenvalue weighted by Gasteiger charge is -2.37. The number of morpholine rings is 1. The minimum atomic E-state index is -0.688. The van der Waals surface area contributed by atoms with Crippen LogP contribution in [0.15, 0.2) is 12.1 Å². The molecule has 1 aromatic rings. The third-order valence-electron chi connectivity index (χ3n) is 3.13. The van der Waals surface area contributed by atoms with Crippen molar-refractivity contribution in [2.75, 3.05) is 24.7 Å². The van der Waals surface area contributed by atoms with Gasteiger partial charge >= 0.3 is 0 Å². The fraction of sp³-hybridized carbons (Fsp3) is 0.462. The van der Waals surface area contributed by atoms with E-state index in [0.717, 1.165) is 18.6 Å². The van der Waals surface area contributed by atoms with Gasteiger partial charge in [-0.05, 0) is 18.6 Å². The second-order valence-electron chi connectivity index (χ2n) is 4.23. The average molecular weight is 252 g/mol. The van der Waals surface area contributed by atoms with E-state index in [4.69, 9.17) is 10.00 Å². The van der Waals surface area contributed by atoms with E-state index < -0.39 is 11.6 Å². The predicted molar refractivity (Wildman–Crippen MR) is 63.3 cm³/mol. The van der Waals surface area contributed by atoms with E-state index in [1.54, 1.807) is 11.0 Å². The van der Waals surface area contributed by atoms with Crippen LogP contribution in [0.1, 0.15) is 18.9 Å². The summed E-state index contributed by atoms with van der Waals surface area (Å²) in [6.07, 6.45) is 0.749. The molecule has 1 fully saturated rings. The quantitative estimate of drug-likeness (QED) is 0.811. The summed E-state index contributed by atoms with van der Waals surface area (Å²) in [5, 5.41) is 8.67. The molecule has 5 heteroatoms. The lowest BCUT2D eigenvalue weighted by molar-refractivity contribution is 0.0922. The molecule has 1 aromatic carbocycles. The molecule has 1 heterocycles. The first-order valence-electron chi connectivity index (χ1n) is 5.91. The lowest BCUT2D eigenvalue weighted by Crippen LogP contribution is -2.46. The normalized spacial score (nSPS) is 19.7. The molecule has 1 aliphatic heterocycles. The molecule has 0 radical (unpaired) electrons. The van der Waals surface area contributed by atoms with Gasteiger partial charge in [0.15, 0.2) is 11.6 Å². The standard InChI is InChI=1S/C13H14F2N2O/c1-2-10-8-18-4-3-17(10)13-11(14)5-9(7-16)6-12(13)15/h5-6,10H,2-4,8H2,1H3. The lowest BCUT2D eigenvalue weighted by atomic mass is 10.1. The van der Waals surface area contributed by atoms with Gasteiger partial charge < -0.3 is 9.64 Å². The van der Waals surface area contributed by atoms with Crippen molar-refractivity contribution in [2.45, 2.75) is 19.4 Å². The summed E-state index contributed by atoms with van der Waals surface area (Å²) in [7, 11) is 0. The summed E-state index contributed by atoms with van der Waals surface area (Å²) in [6, 6.07) is 3.85. The molecule has 1 saturated heterocycles. The number of nitrogens with zero attached hydrogens (tertiary/aromatic N) is 2. The summed E-state index contributed by atoms with van der Waals surface area (Å²) in [4.78, 5) is 1.69. The van der Waals surface area contributed by atoms with Crippen LogP contribution in [0.5, 0.6) is 0 Å². The Hall–Kier alpha value is -1.67. The van der Waals surface area contributed by atoms with Crippen LogP contribution in [0.3, 0.4) is 0 Å². The summed E-state index contributed by atoms with van der Waals surface area (Å²) >= 11 is 0. The summed E-state index contributed by atoms with van der Waals surface area (Å²) in [5.74, 6) is -1.38. The number of benzene rings is 1. The van der Waals surface area contributed by atoms with Crippen LogP contribution in [0, 0.1) is 23.0 Å². The molecular weight excluding hydrogens is 238 g/mol. The molecule has 3 nitrogen and oxygen atoms in total. The second kappa shape index (κ2) is 5.32. The van der Waals surface area contributed by atoms with E-state index in [1.165, 1.54) is 0 Å². The van der Waals surface area contributed by atoms with Gasteiger partial charge in [-0.3, -0.25) is 0 Å². The predicted octanol–water partition coefficient (Wildman–Crippen LogP) is 2.45. The Labute approximate surface area is 105 Å². The molecule has 0 spiro atoms. The van der Waals surface area contributed by atoms with Gasteiger partial charge in [-0.2, -0.15) is 5.26 Å². The van der Waals surface area contributed by atoms with Crippen LogP contribution in [0.25, 0.3) is 0 Å². The van der Waals surface area contributed by atoms with Crippen LogP contribution in [0.4, 0.5) is 14.5 Å². The van der Waals surface area contributed by atoms with E-state index in [9.17, 15) is 8.78 Å². The highest BCUT2D eigenvalue weighted by Crippen LogP contribution is 2.28. The molecule has 1 atom stereocenters. The fourth-order valence-corrected chi connectivity index (χ4v) is 2.19. The van der Waals surface area contributed by atoms with Gasteiger partial charge in [-0.15, -0.1) is 0 Å². The first-order valence-corrected chi connectivity index (χ1v) is 5.91. The van der Waals surface area contributed by atoms with Crippen molar-refractivity contribution in [1.29, 1.82) is 5.26 Å². The minimum absolute atomic E-state index is 0.00458. The maximum atomic E-state index is 13.9. The van der Waals surface area contributed by atoms with E-state index in [1.807, 2.05) is 6.92 Å². The monoisotopic (exact) mass is 252 g/mol. The zero-order chi connectivity index (χ0) is 13.1. The second-order valence-corrected chi connectivity index (χ2v) is 4.23. The summed E-state index contributed by atoms with van der Waals surface area (Å²) in [5.41, 5.74) is -0.0563. The molecule has 0 bridgehead atoms. The highest BCUT2D eigenvalue weighted by molar-refractivity contribution is 5.53. The highest BCUT2D eigenvalue weighted by Gasteiger charge is 2.27. The van der Waals surface area contributed by atoms with Gasteiger partial charge in [0.2, 0.25) is 0 Å². The van der Waals surface area contributed by atoms with Crippen LogP contribution in [-0.2, 0) is 4.74 Å². The molecule has 2 rings (SSSR count). The van der Waals surface area contributed by atoms with Crippen LogP contribution < -0.4 is 4.90 Å². The Balaban J connectivity index is 2.40. The van der Waals surface area contributed by atoms with Crippen LogP contribution >= 0.6 is 0 Å². The molecule has 18 heavy (non-hydrogen) atoms. The Kier molecular flexibility index (Phi) is 3.78. The Morgan fingerprint density at radius 2 is 2.11 bits per heavy atom. The van der Waals surface area contributed by atoms with Crippen LogP contribution in [-0.4, -0.2) is 25.8 Å². The zero-order valence-electron chi connectivity index (χ0n) is 10.1. The van der Waals surface area contributed by atoms with Crippen LogP contribution in [0.2, 0.25) is 0 Å². The smallest absolute Gasteiger partial charge is 0.150 e. The minimum Gasteiger partial charge on any atom is -0.377 e. The van der Waals surface area contributed by atoms with E-state index in [0.29, 0.717) is 19.8 Å². The first kappa shape index (κ1) is 12.8. The van der Waals surface area contributed by atoms with E-state index in [2.05, 4.69) is 0 Å². The molecule has 0 saturated carbocycles. The van der Waals surface area contributed by atoms with Gasteiger partial charge in [0.25, 0.3) is 0 Å². The molecule has 0 N–H and O–H groups in total. The highest BCUT2D eigenvalue weighted by atomic mass is 19.1. The molecule has 1 aliphatic rings. The summed E-state index contributed by atoms with van der Waals surface area (Å²) < 4.78 is 33.1. The van der Waals surface area contributed by atoms with Gasteiger partial charge in [-0.25, -0.2) is 8.78 Å². The van der Waals surface area contributed by atoms with Crippen molar-refractivity contribution in [2.24, 2.45) is 0 Å². The fourth-order valence-electron chi connectivity index (χ4n) is 2.19. The number of hydrogen-bond donors (Lipinski definition) is 0. The molecule has 0 aromatic heterocycles. The van der Waals surface area contributed by atoms with Crippen molar-refractivity contribution in [3.63, 3.8) is 0 Å². The molecule has 0 amide bonds. The van der Waals surface area contributed by atoms with Gasteiger partial charge in [0, 0.05) is 6.54 Å². The molecule has 96 valence electrons. The third kappa shape index (κ3) is 2.29. The number of anilines is 1. The van der Waals surface area contributed by atoms with E-state index in [-0.39, 0.29) is 17.3 Å². The van der Waals surface area contributed by atoms with Crippen molar-refractivity contribution >= 4 is 5.69 Å². The SMILES string of the molecule is CCC1COCCN1c1c(F)cc(C#N)cc1F. The Morgan fingerprint density at radius 1 is 1.44 bits per heavy atom. The first-order chi connectivity index (χ1) is 8.67. The topological polar surface area (TPSA) is 36.3 Å². The number of rotatable bonds is 2. The maximum Gasteiger partial charge on any atom is 0.150 e. The number of ether oxygens (including phenoxy) is 1. The summed E-state index contributed by atoms with van der Waals surface area (Å²) in [6.45, 7) is 3.33. The molecule has 1 unspecified atom stereocenters. The Bertz CT molecular complexity index is 461. The van der Waals surface area contributed by atoms with Crippen molar-refractivity contribution < 1.29 is 13.5 Å². The van der Waals surface area contributed by atoms with Gasteiger partial charge in [0.05, 0.1) is 30.9 Å². The third-order valence-corrected chi connectivity index (χ3v) is 3.13. The number of nitriles is 1. The Morgan fingerprint density at radius 3 is 2.67 bits per heavy atom. The zero-order valence-corrected chi connectivity index (χ0v) is 10.1. The maximum absolute atomic E-state index is 13.9. The molecule has 0 aliphatic carbocycles. The number of hydrogen-bond acceptors (Lipinski definition) is 3. The molecular formula is C13H14F2N2O.